The normalized spacial score (nSPS) is 22.1. The number of ketones is 1. The van der Waals surface area contributed by atoms with E-state index in [2.05, 4.69) is 0 Å². The van der Waals surface area contributed by atoms with E-state index < -0.39 is 16.0 Å². The lowest BCUT2D eigenvalue weighted by atomic mass is 10.2. The molecule has 132 valence electrons. The van der Waals surface area contributed by atoms with Crippen molar-refractivity contribution in [3.63, 3.8) is 0 Å². The number of rotatable bonds is 5. The molecule has 0 unspecified atom stereocenters. The number of Topliss-reactive ketones (excluding diaryl/α,β-unsaturated/α-hetero) is 1. The molecule has 2 rings (SSSR count). The van der Waals surface area contributed by atoms with Gasteiger partial charge < -0.3 is 9.47 Å². The first-order valence-electron chi connectivity index (χ1n) is 7.62. The van der Waals surface area contributed by atoms with Gasteiger partial charge in [0.1, 0.15) is 6.61 Å². The summed E-state index contributed by atoms with van der Waals surface area (Å²) in [5.74, 6) is -1.02. The molecular weight excluding hydrogens is 334 g/mol. The summed E-state index contributed by atoms with van der Waals surface area (Å²) in [6.07, 6.45) is -0.403. The average Bonchev–Trinajstić information content (AvgIpc) is 2.51. The lowest BCUT2D eigenvalue weighted by Gasteiger charge is -2.34. The van der Waals surface area contributed by atoms with Gasteiger partial charge in [-0.15, -0.1) is 0 Å². The quantitative estimate of drug-likeness (QED) is 0.738. The van der Waals surface area contributed by atoms with Crippen molar-refractivity contribution >= 4 is 21.8 Å². The summed E-state index contributed by atoms with van der Waals surface area (Å²) < 4.78 is 37.3. The van der Waals surface area contributed by atoms with Crippen molar-refractivity contribution < 1.29 is 27.5 Å². The Bertz CT molecular complexity index is 720. The van der Waals surface area contributed by atoms with Crippen LogP contribution in [0, 0.1) is 0 Å². The Morgan fingerprint density at radius 1 is 1.25 bits per heavy atom. The zero-order valence-electron chi connectivity index (χ0n) is 13.9. The van der Waals surface area contributed by atoms with Crippen LogP contribution in [0.5, 0.6) is 0 Å². The maximum atomic E-state index is 12.8. The number of morpholine rings is 1. The minimum absolute atomic E-state index is 0.0149. The van der Waals surface area contributed by atoms with Gasteiger partial charge in [-0.3, -0.25) is 4.79 Å². The highest BCUT2D eigenvalue weighted by molar-refractivity contribution is 7.89. The molecular formula is C16H21NO6S. The minimum Gasteiger partial charge on any atom is -0.454 e. The molecule has 1 saturated heterocycles. The van der Waals surface area contributed by atoms with E-state index in [9.17, 15) is 18.0 Å². The lowest BCUT2D eigenvalue weighted by molar-refractivity contribution is -0.120. The molecule has 0 aliphatic carbocycles. The Balaban J connectivity index is 2.23. The Hall–Kier alpha value is -1.77. The molecule has 0 N–H and O–H groups in total. The van der Waals surface area contributed by atoms with Crippen LogP contribution in [-0.2, 0) is 24.3 Å². The molecule has 1 fully saturated rings. The molecule has 24 heavy (non-hydrogen) atoms. The third kappa shape index (κ3) is 4.40. The van der Waals surface area contributed by atoms with Gasteiger partial charge in [0.15, 0.2) is 5.78 Å². The summed E-state index contributed by atoms with van der Waals surface area (Å²) >= 11 is 0. The van der Waals surface area contributed by atoms with Crippen molar-refractivity contribution in [2.24, 2.45) is 0 Å². The number of hydrogen-bond donors (Lipinski definition) is 0. The third-order valence-electron chi connectivity index (χ3n) is 3.50. The van der Waals surface area contributed by atoms with Gasteiger partial charge in [0.05, 0.1) is 22.7 Å². The van der Waals surface area contributed by atoms with Crippen LogP contribution in [0.15, 0.2) is 29.2 Å². The van der Waals surface area contributed by atoms with Gasteiger partial charge in [0, 0.05) is 13.1 Å². The summed E-state index contributed by atoms with van der Waals surface area (Å²) in [5, 5.41) is 0. The maximum Gasteiger partial charge on any atom is 0.338 e. The van der Waals surface area contributed by atoms with Gasteiger partial charge in [0.25, 0.3) is 0 Å². The topological polar surface area (TPSA) is 90.0 Å². The first-order chi connectivity index (χ1) is 11.2. The van der Waals surface area contributed by atoms with Crippen molar-refractivity contribution in [1.82, 2.24) is 4.31 Å². The van der Waals surface area contributed by atoms with Crippen LogP contribution in [0.1, 0.15) is 31.1 Å². The van der Waals surface area contributed by atoms with Crippen LogP contribution >= 0.6 is 0 Å². The molecule has 1 aromatic rings. The zero-order chi connectivity index (χ0) is 17.9. The molecule has 0 radical (unpaired) electrons. The number of carbonyl (C=O) groups excluding carboxylic acids is 2. The highest BCUT2D eigenvalue weighted by atomic mass is 32.2. The standard InChI is InChI=1S/C16H21NO6S/c1-11(18)10-22-16(19)14-5-4-6-15(7-14)24(20,21)17-8-12(2)23-13(3)9-17/h4-7,12-13H,8-10H2,1-3H3/t12-,13-/m0/s1. The molecule has 1 aliphatic heterocycles. The molecule has 1 aromatic carbocycles. The first-order valence-corrected chi connectivity index (χ1v) is 9.06. The highest BCUT2D eigenvalue weighted by Crippen LogP contribution is 2.22. The highest BCUT2D eigenvalue weighted by Gasteiger charge is 2.32. The van der Waals surface area contributed by atoms with Crippen molar-refractivity contribution in [2.75, 3.05) is 19.7 Å². The smallest absolute Gasteiger partial charge is 0.338 e. The second kappa shape index (κ2) is 7.42. The van der Waals surface area contributed by atoms with E-state index in [1.54, 1.807) is 0 Å². The molecule has 0 saturated carbocycles. The number of nitrogens with zero attached hydrogens (tertiary/aromatic N) is 1. The molecule has 1 heterocycles. The van der Waals surface area contributed by atoms with E-state index in [0.717, 1.165) is 0 Å². The number of ether oxygens (including phenoxy) is 2. The number of sulfonamides is 1. The Kier molecular flexibility index (Phi) is 5.74. The number of esters is 1. The molecule has 1 aliphatic rings. The number of benzene rings is 1. The van der Waals surface area contributed by atoms with Crippen LogP contribution in [0.4, 0.5) is 0 Å². The predicted octanol–water partition coefficient (Wildman–Crippen LogP) is 1.23. The summed E-state index contributed by atoms with van der Waals surface area (Å²) in [6, 6.07) is 5.63. The van der Waals surface area contributed by atoms with E-state index in [0.29, 0.717) is 0 Å². The fourth-order valence-corrected chi connectivity index (χ4v) is 4.15. The number of carbonyl (C=O) groups is 2. The van der Waals surface area contributed by atoms with Crippen LogP contribution in [0.25, 0.3) is 0 Å². The van der Waals surface area contributed by atoms with Crippen molar-refractivity contribution in [2.45, 2.75) is 37.9 Å². The Morgan fingerprint density at radius 3 is 2.46 bits per heavy atom. The van der Waals surface area contributed by atoms with E-state index in [1.807, 2.05) is 13.8 Å². The molecule has 0 aromatic heterocycles. The van der Waals surface area contributed by atoms with Crippen molar-refractivity contribution in [3.8, 4) is 0 Å². The summed E-state index contributed by atoms with van der Waals surface area (Å²) in [6.45, 7) is 5.10. The fraction of sp³-hybridized carbons (Fsp3) is 0.500. The lowest BCUT2D eigenvalue weighted by Crippen LogP contribution is -2.48. The molecule has 2 atom stereocenters. The molecule has 0 amide bonds. The van der Waals surface area contributed by atoms with E-state index in [-0.39, 0.29) is 48.1 Å². The van der Waals surface area contributed by atoms with Crippen LogP contribution in [-0.4, -0.2) is 56.4 Å². The van der Waals surface area contributed by atoms with Gasteiger partial charge in [-0.1, -0.05) is 6.07 Å². The van der Waals surface area contributed by atoms with E-state index in [4.69, 9.17) is 9.47 Å². The minimum atomic E-state index is -3.74. The van der Waals surface area contributed by atoms with Gasteiger partial charge >= 0.3 is 5.97 Å². The van der Waals surface area contributed by atoms with E-state index >= 15 is 0 Å². The first kappa shape index (κ1) is 18.6. The second-order valence-electron chi connectivity index (χ2n) is 5.89. The van der Waals surface area contributed by atoms with Crippen molar-refractivity contribution in [3.05, 3.63) is 29.8 Å². The van der Waals surface area contributed by atoms with Crippen LogP contribution in [0.2, 0.25) is 0 Å². The Morgan fingerprint density at radius 2 is 1.88 bits per heavy atom. The molecule has 0 bridgehead atoms. The van der Waals surface area contributed by atoms with Gasteiger partial charge in [0.2, 0.25) is 10.0 Å². The Labute approximate surface area is 141 Å². The van der Waals surface area contributed by atoms with Gasteiger partial charge in [-0.05, 0) is 39.0 Å². The predicted molar refractivity (Wildman–Crippen MR) is 86.2 cm³/mol. The second-order valence-corrected chi connectivity index (χ2v) is 7.82. The van der Waals surface area contributed by atoms with Gasteiger partial charge in [-0.2, -0.15) is 4.31 Å². The van der Waals surface area contributed by atoms with Crippen LogP contribution in [0.3, 0.4) is 0 Å². The average molecular weight is 355 g/mol. The number of hydrogen-bond acceptors (Lipinski definition) is 6. The molecule has 8 heteroatoms. The largest absolute Gasteiger partial charge is 0.454 e. The monoisotopic (exact) mass is 355 g/mol. The van der Waals surface area contributed by atoms with E-state index in [1.165, 1.54) is 35.5 Å². The summed E-state index contributed by atoms with van der Waals surface area (Å²) in [7, 11) is -3.74. The zero-order valence-corrected chi connectivity index (χ0v) is 14.7. The summed E-state index contributed by atoms with van der Waals surface area (Å²) in [4.78, 5) is 22.8. The summed E-state index contributed by atoms with van der Waals surface area (Å²) in [5.41, 5.74) is 0.0895. The SMILES string of the molecule is CC(=O)COC(=O)c1cccc(S(=O)(=O)N2C[C@H](C)O[C@@H](C)C2)c1. The third-order valence-corrected chi connectivity index (χ3v) is 5.33. The molecule has 0 spiro atoms. The maximum absolute atomic E-state index is 12.8. The molecule has 7 nitrogen and oxygen atoms in total. The van der Waals surface area contributed by atoms with Crippen LogP contribution < -0.4 is 0 Å². The van der Waals surface area contributed by atoms with Crippen molar-refractivity contribution in [1.29, 1.82) is 0 Å². The fourth-order valence-electron chi connectivity index (χ4n) is 2.51. The van der Waals surface area contributed by atoms with Gasteiger partial charge in [-0.25, -0.2) is 13.2 Å².